The van der Waals surface area contributed by atoms with E-state index in [4.69, 9.17) is 21.3 Å². The van der Waals surface area contributed by atoms with Gasteiger partial charge in [0.15, 0.2) is 0 Å². The smallest absolute Gasteiger partial charge is 0.123 e. The summed E-state index contributed by atoms with van der Waals surface area (Å²) in [5.74, 6) is 1.01. The molecule has 1 aliphatic rings. The third-order valence-corrected chi connectivity index (χ3v) is 5.19. The Morgan fingerprint density at radius 1 is 1.36 bits per heavy atom. The Kier molecular flexibility index (Phi) is 4.50. The van der Waals surface area contributed by atoms with Gasteiger partial charge in [-0.1, -0.05) is 11.6 Å². The number of aromatic nitrogens is 4. The fraction of sp³-hybridized carbons (Fsp3) is 0.444. The zero-order valence-corrected chi connectivity index (χ0v) is 15.2. The number of hydrogen-bond donors (Lipinski definition) is 1. The predicted molar refractivity (Wildman–Crippen MR) is 97.5 cm³/mol. The predicted octanol–water partition coefficient (Wildman–Crippen LogP) is 2.97. The molecular formula is C18H22ClN5O. The summed E-state index contributed by atoms with van der Waals surface area (Å²) in [6.45, 7) is 1.48. The zero-order valence-electron chi connectivity index (χ0n) is 14.4. The van der Waals surface area contributed by atoms with Gasteiger partial charge in [0, 0.05) is 31.8 Å². The molecule has 1 aromatic carbocycles. The number of rotatable bonds is 4. The molecule has 132 valence electrons. The average molecular weight is 360 g/mol. The van der Waals surface area contributed by atoms with Gasteiger partial charge in [0.1, 0.15) is 11.9 Å². The molecule has 0 spiro atoms. The second kappa shape index (κ2) is 6.78. The summed E-state index contributed by atoms with van der Waals surface area (Å²) in [6.07, 6.45) is 5.75. The van der Waals surface area contributed by atoms with Gasteiger partial charge in [-0.15, -0.1) is 0 Å². The van der Waals surface area contributed by atoms with Crippen molar-refractivity contribution in [2.75, 3.05) is 6.61 Å². The van der Waals surface area contributed by atoms with Crippen molar-refractivity contribution in [1.82, 2.24) is 24.4 Å². The van der Waals surface area contributed by atoms with Crippen LogP contribution in [0.15, 0.2) is 30.7 Å². The molecule has 4 rings (SSSR count). The molecule has 0 radical (unpaired) electrons. The monoisotopic (exact) mass is 359 g/mol. The molecule has 2 atom stereocenters. The summed E-state index contributed by atoms with van der Waals surface area (Å²) in [6, 6.07) is 6.23. The van der Waals surface area contributed by atoms with Gasteiger partial charge < -0.3 is 19.2 Å². The Balaban J connectivity index is 1.44. The van der Waals surface area contributed by atoms with E-state index in [9.17, 15) is 0 Å². The Morgan fingerprint density at radius 3 is 3.04 bits per heavy atom. The van der Waals surface area contributed by atoms with E-state index in [2.05, 4.69) is 14.9 Å². The van der Waals surface area contributed by atoms with Crippen LogP contribution in [-0.2, 0) is 25.4 Å². The topological polar surface area (TPSA) is 56.9 Å². The highest BCUT2D eigenvalue weighted by Crippen LogP contribution is 2.28. The normalized spacial score (nSPS) is 21.1. The van der Waals surface area contributed by atoms with Crippen LogP contribution in [0.1, 0.15) is 30.5 Å². The lowest BCUT2D eigenvalue weighted by Crippen LogP contribution is -2.36. The van der Waals surface area contributed by atoms with E-state index < -0.39 is 0 Å². The standard InChI is InChI=1S/C18H22ClN5O/c1-23-11-20-9-16(23)17-8-13(5-6-25-17)21-10-18-22-14-7-12(19)3-4-15(14)24(18)2/h3-4,7,9,11,13,17,21H,5-6,8,10H2,1-2H3. The third kappa shape index (κ3) is 3.29. The minimum atomic E-state index is 0.0954. The fourth-order valence-electron chi connectivity index (χ4n) is 3.48. The Bertz CT molecular complexity index is 887. The molecule has 1 saturated heterocycles. The van der Waals surface area contributed by atoms with Crippen LogP contribution in [0.2, 0.25) is 5.02 Å². The van der Waals surface area contributed by atoms with E-state index in [1.54, 1.807) is 0 Å². The number of benzene rings is 1. The van der Waals surface area contributed by atoms with Gasteiger partial charge in [0.05, 0.1) is 35.8 Å². The maximum atomic E-state index is 6.07. The van der Waals surface area contributed by atoms with Crippen LogP contribution in [0.5, 0.6) is 0 Å². The van der Waals surface area contributed by atoms with Crippen LogP contribution >= 0.6 is 11.6 Å². The second-order valence-corrected chi connectivity index (χ2v) is 7.05. The number of ether oxygens (including phenoxy) is 1. The minimum Gasteiger partial charge on any atom is -0.372 e. The van der Waals surface area contributed by atoms with Gasteiger partial charge in [0.25, 0.3) is 0 Å². The third-order valence-electron chi connectivity index (χ3n) is 4.95. The average Bonchev–Trinajstić information content (AvgIpc) is 3.17. The molecule has 0 bridgehead atoms. The molecule has 1 N–H and O–H groups in total. The van der Waals surface area contributed by atoms with Crippen molar-refractivity contribution in [1.29, 1.82) is 0 Å². The first-order chi connectivity index (χ1) is 12.1. The van der Waals surface area contributed by atoms with Gasteiger partial charge >= 0.3 is 0 Å². The van der Waals surface area contributed by atoms with E-state index in [0.717, 1.165) is 48.5 Å². The van der Waals surface area contributed by atoms with Crippen LogP contribution in [0.3, 0.4) is 0 Å². The molecule has 7 heteroatoms. The molecule has 6 nitrogen and oxygen atoms in total. The van der Waals surface area contributed by atoms with Gasteiger partial charge in [-0.05, 0) is 31.0 Å². The number of imidazole rings is 2. The van der Waals surface area contributed by atoms with Crippen molar-refractivity contribution in [3.63, 3.8) is 0 Å². The van der Waals surface area contributed by atoms with Gasteiger partial charge in [0.2, 0.25) is 0 Å². The zero-order chi connectivity index (χ0) is 17.4. The first-order valence-corrected chi connectivity index (χ1v) is 8.91. The van der Waals surface area contributed by atoms with Crippen LogP contribution in [-0.4, -0.2) is 31.8 Å². The lowest BCUT2D eigenvalue weighted by atomic mass is 10.0. The molecule has 25 heavy (non-hydrogen) atoms. The molecule has 1 fully saturated rings. The lowest BCUT2D eigenvalue weighted by molar-refractivity contribution is -0.00417. The minimum absolute atomic E-state index is 0.0954. The first kappa shape index (κ1) is 16.6. The van der Waals surface area contributed by atoms with Gasteiger partial charge in [-0.3, -0.25) is 0 Å². The Morgan fingerprint density at radius 2 is 2.24 bits per heavy atom. The van der Waals surface area contributed by atoms with Crippen molar-refractivity contribution >= 4 is 22.6 Å². The van der Waals surface area contributed by atoms with E-state index >= 15 is 0 Å². The molecule has 0 saturated carbocycles. The summed E-state index contributed by atoms with van der Waals surface area (Å²) in [4.78, 5) is 8.91. The molecule has 2 aromatic heterocycles. The van der Waals surface area contributed by atoms with Crippen molar-refractivity contribution in [2.24, 2.45) is 14.1 Å². The SMILES string of the molecule is Cn1cncc1C1CC(NCc2nc3cc(Cl)ccc3n2C)CCO1. The van der Waals surface area contributed by atoms with Crippen molar-refractivity contribution in [2.45, 2.75) is 31.5 Å². The van der Waals surface area contributed by atoms with Crippen molar-refractivity contribution in [3.8, 4) is 0 Å². The second-order valence-electron chi connectivity index (χ2n) is 6.61. The highest BCUT2D eigenvalue weighted by Gasteiger charge is 2.25. The Hall–Kier alpha value is -1.89. The molecule has 0 aliphatic carbocycles. The van der Waals surface area contributed by atoms with Crippen molar-refractivity contribution in [3.05, 3.63) is 47.3 Å². The number of nitrogens with one attached hydrogen (secondary N) is 1. The molecule has 3 heterocycles. The highest BCUT2D eigenvalue weighted by molar-refractivity contribution is 6.31. The molecular weight excluding hydrogens is 338 g/mol. The Labute approximate surface area is 151 Å². The maximum absolute atomic E-state index is 6.07. The quantitative estimate of drug-likeness (QED) is 0.778. The lowest BCUT2D eigenvalue weighted by Gasteiger charge is -2.30. The summed E-state index contributed by atoms with van der Waals surface area (Å²) in [7, 11) is 4.05. The molecule has 1 aliphatic heterocycles. The van der Waals surface area contributed by atoms with Crippen LogP contribution in [0.4, 0.5) is 0 Å². The van der Waals surface area contributed by atoms with Gasteiger partial charge in [-0.25, -0.2) is 9.97 Å². The first-order valence-electron chi connectivity index (χ1n) is 8.54. The molecule has 3 aromatic rings. The largest absolute Gasteiger partial charge is 0.372 e. The molecule has 2 unspecified atom stereocenters. The van der Waals surface area contributed by atoms with Crippen LogP contribution in [0.25, 0.3) is 11.0 Å². The maximum Gasteiger partial charge on any atom is 0.123 e. The highest BCUT2D eigenvalue weighted by atomic mass is 35.5. The number of aryl methyl sites for hydroxylation is 2. The summed E-state index contributed by atoms with van der Waals surface area (Å²) >= 11 is 6.07. The fourth-order valence-corrected chi connectivity index (χ4v) is 3.65. The van der Waals surface area contributed by atoms with Crippen LogP contribution in [0, 0.1) is 0 Å². The van der Waals surface area contributed by atoms with E-state index in [1.165, 1.54) is 0 Å². The van der Waals surface area contributed by atoms with Crippen LogP contribution < -0.4 is 5.32 Å². The molecule has 0 amide bonds. The number of halogens is 1. The summed E-state index contributed by atoms with van der Waals surface area (Å²) in [5, 5.41) is 4.36. The van der Waals surface area contributed by atoms with E-state index in [1.807, 2.05) is 49.4 Å². The van der Waals surface area contributed by atoms with E-state index in [-0.39, 0.29) is 6.10 Å². The van der Waals surface area contributed by atoms with E-state index in [0.29, 0.717) is 11.1 Å². The number of hydrogen-bond acceptors (Lipinski definition) is 4. The number of fused-ring (bicyclic) bond motifs is 1. The van der Waals surface area contributed by atoms with Crippen molar-refractivity contribution < 1.29 is 4.74 Å². The van der Waals surface area contributed by atoms with Gasteiger partial charge in [-0.2, -0.15) is 0 Å². The summed E-state index contributed by atoms with van der Waals surface area (Å²) < 4.78 is 10.1. The summed E-state index contributed by atoms with van der Waals surface area (Å²) in [5.41, 5.74) is 3.16. The number of nitrogens with zero attached hydrogens (tertiary/aromatic N) is 4.